The molecule has 0 spiro atoms. The number of rotatable bonds is 6. The minimum Gasteiger partial charge on any atom is -0.376 e. The lowest BCUT2D eigenvalue weighted by atomic mass is 10.1. The molecule has 0 N–H and O–H groups in total. The van der Waals surface area contributed by atoms with E-state index in [0.29, 0.717) is 5.75 Å². The normalized spacial score (nSPS) is 16.6. The number of ether oxygens (including phenoxy) is 1. The molecule has 1 atom stereocenters. The van der Waals surface area contributed by atoms with E-state index in [4.69, 9.17) is 9.72 Å². The number of carbonyl (C=O) groups is 1. The molecule has 3 aromatic rings. The summed E-state index contributed by atoms with van der Waals surface area (Å²) >= 11 is 1.52. The zero-order chi connectivity index (χ0) is 20.5. The van der Waals surface area contributed by atoms with Crippen LogP contribution in [0.15, 0.2) is 35.4 Å². The first-order valence-electron chi connectivity index (χ1n) is 10.3. The molecule has 1 aliphatic rings. The maximum Gasteiger partial charge on any atom is 0.174 e. The minimum absolute atomic E-state index is 0.158. The van der Waals surface area contributed by atoms with Gasteiger partial charge in [0.15, 0.2) is 5.78 Å². The van der Waals surface area contributed by atoms with Crippen LogP contribution in [0.1, 0.15) is 45.7 Å². The Morgan fingerprint density at radius 2 is 2.03 bits per heavy atom. The summed E-state index contributed by atoms with van der Waals surface area (Å²) in [7, 11) is 0. The number of para-hydroxylation sites is 1. The second-order valence-electron chi connectivity index (χ2n) is 7.99. The summed E-state index contributed by atoms with van der Waals surface area (Å²) in [6.45, 7) is 9.99. The van der Waals surface area contributed by atoms with Crippen molar-refractivity contribution in [3.63, 3.8) is 0 Å². The zero-order valence-electron chi connectivity index (χ0n) is 17.6. The van der Waals surface area contributed by atoms with E-state index >= 15 is 0 Å². The Hall–Kier alpha value is -2.11. The quantitative estimate of drug-likeness (QED) is 0.403. The van der Waals surface area contributed by atoms with Crippen molar-refractivity contribution in [3.8, 4) is 0 Å². The summed E-state index contributed by atoms with van der Waals surface area (Å²) in [6.07, 6.45) is 2.50. The van der Waals surface area contributed by atoms with Gasteiger partial charge in [0.25, 0.3) is 0 Å². The Kier molecular flexibility index (Phi) is 5.79. The Morgan fingerprint density at radius 3 is 2.79 bits per heavy atom. The molecule has 5 heteroatoms. The molecule has 152 valence electrons. The van der Waals surface area contributed by atoms with Crippen LogP contribution in [-0.2, 0) is 11.3 Å². The topological polar surface area (TPSA) is 44.1 Å². The van der Waals surface area contributed by atoms with Crippen molar-refractivity contribution in [2.45, 2.75) is 58.2 Å². The largest absolute Gasteiger partial charge is 0.376 e. The van der Waals surface area contributed by atoms with Gasteiger partial charge in [-0.25, -0.2) is 4.98 Å². The monoisotopic (exact) mass is 408 g/mol. The van der Waals surface area contributed by atoms with Crippen LogP contribution in [-0.4, -0.2) is 33.8 Å². The molecular weight excluding hydrogens is 380 g/mol. The van der Waals surface area contributed by atoms with Gasteiger partial charge < -0.3 is 9.30 Å². The molecule has 3 heterocycles. The summed E-state index contributed by atoms with van der Waals surface area (Å²) in [5.41, 5.74) is 6.38. The maximum absolute atomic E-state index is 13.0. The second kappa shape index (κ2) is 8.33. The van der Waals surface area contributed by atoms with Crippen molar-refractivity contribution >= 4 is 28.4 Å². The average Bonchev–Trinajstić information content (AvgIpc) is 3.31. The molecule has 0 bridgehead atoms. The van der Waals surface area contributed by atoms with E-state index in [1.165, 1.54) is 22.7 Å². The van der Waals surface area contributed by atoms with Crippen LogP contribution in [0, 0.1) is 27.7 Å². The molecule has 2 aromatic heterocycles. The Bertz CT molecular complexity index is 1060. The van der Waals surface area contributed by atoms with Crippen molar-refractivity contribution in [2.24, 2.45) is 0 Å². The van der Waals surface area contributed by atoms with Crippen molar-refractivity contribution in [1.29, 1.82) is 0 Å². The number of thioether (sulfide) groups is 1. The lowest BCUT2D eigenvalue weighted by Crippen LogP contribution is -2.17. The fourth-order valence-electron chi connectivity index (χ4n) is 4.18. The fraction of sp³-hybridized carbons (Fsp3) is 0.417. The molecule has 0 amide bonds. The number of benzene rings is 1. The number of nitrogens with zero attached hydrogens (tertiary/aromatic N) is 2. The lowest BCUT2D eigenvalue weighted by molar-refractivity contribution is 0.0957. The van der Waals surface area contributed by atoms with Crippen molar-refractivity contribution in [1.82, 2.24) is 9.55 Å². The molecule has 4 nitrogen and oxygen atoms in total. The molecule has 1 saturated heterocycles. The van der Waals surface area contributed by atoms with E-state index in [9.17, 15) is 4.79 Å². The number of carbonyl (C=O) groups excluding carboxylic acids is 1. The molecule has 1 aliphatic heterocycles. The number of aromatic nitrogens is 2. The van der Waals surface area contributed by atoms with Gasteiger partial charge in [0.2, 0.25) is 0 Å². The molecule has 29 heavy (non-hydrogen) atoms. The number of ketones is 1. The molecule has 0 unspecified atom stereocenters. The van der Waals surface area contributed by atoms with Gasteiger partial charge in [-0.2, -0.15) is 0 Å². The van der Waals surface area contributed by atoms with E-state index in [1.807, 2.05) is 13.0 Å². The van der Waals surface area contributed by atoms with Crippen LogP contribution in [0.25, 0.3) is 10.9 Å². The molecular formula is C24H28N2O2S. The van der Waals surface area contributed by atoms with Gasteiger partial charge in [0.1, 0.15) is 0 Å². The average molecular weight is 409 g/mol. The molecule has 0 saturated carbocycles. The van der Waals surface area contributed by atoms with E-state index in [1.54, 1.807) is 0 Å². The predicted molar refractivity (Wildman–Crippen MR) is 119 cm³/mol. The first kappa shape index (κ1) is 20.2. The third-order valence-electron chi connectivity index (χ3n) is 5.86. The van der Waals surface area contributed by atoms with Gasteiger partial charge in [-0.3, -0.25) is 4.79 Å². The summed E-state index contributed by atoms with van der Waals surface area (Å²) < 4.78 is 8.01. The fourth-order valence-corrected chi connectivity index (χ4v) is 5.03. The van der Waals surface area contributed by atoms with E-state index in [2.05, 4.69) is 49.6 Å². The smallest absolute Gasteiger partial charge is 0.174 e. The van der Waals surface area contributed by atoms with Crippen molar-refractivity contribution in [2.75, 3.05) is 12.4 Å². The third kappa shape index (κ3) is 4.12. The van der Waals surface area contributed by atoms with Crippen LogP contribution in [0.4, 0.5) is 0 Å². The van der Waals surface area contributed by atoms with Crippen LogP contribution < -0.4 is 0 Å². The van der Waals surface area contributed by atoms with Crippen LogP contribution in [0.3, 0.4) is 0 Å². The molecule has 0 radical (unpaired) electrons. The highest BCUT2D eigenvalue weighted by Gasteiger charge is 2.21. The number of fused-ring (bicyclic) bond motifs is 1. The van der Waals surface area contributed by atoms with Gasteiger partial charge in [-0.05, 0) is 63.8 Å². The highest BCUT2D eigenvalue weighted by atomic mass is 32.2. The van der Waals surface area contributed by atoms with E-state index in [-0.39, 0.29) is 11.9 Å². The van der Waals surface area contributed by atoms with Gasteiger partial charge in [0, 0.05) is 35.5 Å². The van der Waals surface area contributed by atoms with Crippen LogP contribution in [0.2, 0.25) is 0 Å². The first-order chi connectivity index (χ1) is 13.9. The number of aryl methyl sites for hydroxylation is 3. The van der Waals surface area contributed by atoms with Crippen LogP contribution >= 0.6 is 11.8 Å². The SMILES string of the molecule is Cc1cc(SCC(=O)c2cc(C)n(C[C@H]3CCCO3)c2C)nc2c(C)cccc12. The van der Waals surface area contributed by atoms with Gasteiger partial charge >= 0.3 is 0 Å². The van der Waals surface area contributed by atoms with Gasteiger partial charge in [0.05, 0.1) is 22.4 Å². The van der Waals surface area contributed by atoms with Gasteiger partial charge in [-0.1, -0.05) is 30.0 Å². The summed E-state index contributed by atoms with van der Waals surface area (Å²) in [5.74, 6) is 0.555. The highest BCUT2D eigenvalue weighted by Crippen LogP contribution is 2.27. The second-order valence-corrected chi connectivity index (χ2v) is 8.99. The lowest BCUT2D eigenvalue weighted by Gasteiger charge is -2.14. The predicted octanol–water partition coefficient (Wildman–Crippen LogP) is 5.42. The molecule has 1 aromatic carbocycles. The molecule has 4 rings (SSSR count). The molecule has 1 fully saturated rings. The third-order valence-corrected chi connectivity index (χ3v) is 6.77. The number of Topliss-reactive ketones (excluding diaryl/α,β-unsaturated/α-hetero) is 1. The Balaban J connectivity index is 1.50. The highest BCUT2D eigenvalue weighted by molar-refractivity contribution is 7.99. The molecule has 0 aliphatic carbocycles. The zero-order valence-corrected chi connectivity index (χ0v) is 18.4. The first-order valence-corrected chi connectivity index (χ1v) is 11.2. The standard InChI is InChI=1S/C24H28N2O2S/c1-15-7-5-9-20-16(2)11-23(25-24(15)20)29-14-22(27)21-12-17(3)26(18(21)4)13-19-8-6-10-28-19/h5,7,9,11-12,19H,6,8,10,13-14H2,1-4H3/t19-/m1/s1. The number of hydrogen-bond acceptors (Lipinski definition) is 4. The summed E-state index contributed by atoms with van der Waals surface area (Å²) in [5, 5.41) is 2.09. The van der Waals surface area contributed by atoms with E-state index in [0.717, 1.165) is 59.1 Å². The van der Waals surface area contributed by atoms with Crippen molar-refractivity contribution in [3.05, 3.63) is 58.4 Å². The Labute approximate surface area is 176 Å². The van der Waals surface area contributed by atoms with Crippen molar-refractivity contribution < 1.29 is 9.53 Å². The van der Waals surface area contributed by atoms with Gasteiger partial charge in [-0.15, -0.1) is 0 Å². The summed E-state index contributed by atoms with van der Waals surface area (Å²) in [4.78, 5) is 17.8. The maximum atomic E-state index is 13.0. The number of hydrogen-bond donors (Lipinski definition) is 0. The Morgan fingerprint density at radius 1 is 1.21 bits per heavy atom. The van der Waals surface area contributed by atoms with E-state index < -0.39 is 0 Å². The number of pyridine rings is 1. The minimum atomic E-state index is 0.158. The van der Waals surface area contributed by atoms with Crippen LogP contribution in [0.5, 0.6) is 0 Å². The summed E-state index contributed by atoms with van der Waals surface area (Å²) in [6, 6.07) is 10.4.